The molecule has 0 radical (unpaired) electrons. The van der Waals surface area contributed by atoms with Crippen molar-refractivity contribution in [2.75, 3.05) is 6.61 Å². The first kappa shape index (κ1) is 13.3. The number of hydrogen-bond donors (Lipinski definition) is 0. The molecule has 0 aliphatic heterocycles. The third-order valence-electron chi connectivity index (χ3n) is 2.58. The molecule has 2 heterocycles. The molecule has 0 amide bonds. The number of nitrogens with zero attached hydrogens (tertiary/aromatic N) is 4. The van der Waals surface area contributed by atoms with Crippen molar-refractivity contribution in [2.24, 2.45) is 0 Å². The molecular formula is C12H15IN4O. The Morgan fingerprint density at radius 3 is 2.50 bits per heavy atom. The van der Waals surface area contributed by atoms with Gasteiger partial charge in [-0.2, -0.15) is 4.68 Å². The molecule has 2 aromatic heterocycles. The number of halogens is 1. The summed E-state index contributed by atoms with van der Waals surface area (Å²) in [7, 11) is 0. The number of aromatic nitrogens is 4. The third kappa shape index (κ3) is 2.47. The van der Waals surface area contributed by atoms with Gasteiger partial charge in [-0.3, -0.25) is 0 Å². The van der Waals surface area contributed by atoms with Gasteiger partial charge in [-0.1, -0.05) is 6.92 Å². The van der Waals surface area contributed by atoms with Gasteiger partial charge in [0.15, 0.2) is 0 Å². The quantitative estimate of drug-likeness (QED) is 0.789. The Balaban J connectivity index is 2.40. The largest absolute Gasteiger partial charge is 0.476 e. The lowest BCUT2D eigenvalue weighted by atomic mass is 10.3. The van der Waals surface area contributed by atoms with E-state index < -0.39 is 0 Å². The Morgan fingerprint density at radius 1 is 1.28 bits per heavy atom. The van der Waals surface area contributed by atoms with E-state index in [0.29, 0.717) is 18.4 Å². The summed E-state index contributed by atoms with van der Waals surface area (Å²) in [4.78, 5) is 8.65. The van der Waals surface area contributed by atoms with E-state index in [9.17, 15) is 0 Å². The molecule has 2 rings (SSSR count). The van der Waals surface area contributed by atoms with Crippen LogP contribution in [0, 0.1) is 10.5 Å². The summed E-state index contributed by atoms with van der Waals surface area (Å²) in [5.74, 6) is 1.22. The van der Waals surface area contributed by atoms with Crippen LogP contribution in [0.25, 0.3) is 5.95 Å². The van der Waals surface area contributed by atoms with E-state index >= 15 is 0 Å². The topological polar surface area (TPSA) is 52.8 Å². The zero-order valence-corrected chi connectivity index (χ0v) is 12.8. The molecule has 18 heavy (non-hydrogen) atoms. The van der Waals surface area contributed by atoms with Crippen molar-refractivity contribution >= 4 is 22.6 Å². The molecule has 0 N–H and O–H groups in total. The molecule has 0 bridgehead atoms. The maximum Gasteiger partial charge on any atom is 0.250 e. The van der Waals surface area contributed by atoms with E-state index in [1.54, 1.807) is 4.68 Å². The first-order chi connectivity index (χ1) is 8.67. The van der Waals surface area contributed by atoms with Crippen molar-refractivity contribution in [3.63, 3.8) is 0 Å². The molecule has 5 nitrogen and oxygen atoms in total. The lowest BCUT2D eigenvalue weighted by molar-refractivity contribution is 0.322. The fourth-order valence-electron chi connectivity index (χ4n) is 1.52. The van der Waals surface area contributed by atoms with Crippen LogP contribution < -0.4 is 4.74 Å². The zero-order valence-electron chi connectivity index (χ0n) is 10.6. The molecule has 96 valence electrons. The van der Waals surface area contributed by atoms with Crippen LogP contribution in [0.3, 0.4) is 0 Å². The van der Waals surface area contributed by atoms with Crippen LogP contribution in [0.2, 0.25) is 0 Å². The molecule has 0 atom stereocenters. The molecule has 0 aliphatic rings. The average molecular weight is 358 g/mol. The minimum atomic E-state index is 0.577. The summed E-state index contributed by atoms with van der Waals surface area (Å²) < 4.78 is 8.18. The van der Waals surface area contributed by atoms with E-state index in [1.165, 1.54) is 0 Å². The highest BCUT2D eigenvalue weighted by molar-refractivity contribution is 14.1. The SMILES string of the molecule is CCOc1nn(-c2ncc(CC)cn2)c(C)c1I. The van der Waals surface area contributed by atoms with E-state index in [0.717, 1.165) is 21.2 Å². The first-order valence-electron chi connectivity index (χ1n) is 5.86. The van der Waals surface area contributed by atoms with Crippen molar-refractivity contribution in [3.05, 3.63) is 27.2 Å². The molecule has 0 spiro atoms. The fraction of sp³-hybridized carbons (Fsp3) is 0.417. The number of hydrogen-bond acceptors (Lipinski definition) is 4. The Kier molecular flexibility index (Phi) is 4.15. The summed E-state index contributed by atoms with van der Waals surface area (Å²) in [6.45, 7) is 6.60. The van der Waals surface area contributed by atoms with Gasteiger partial charge in [-0.25, -0.2) is 9.97 Å². The number of aryl methyl sites for hydroxylation is 1. The minimum Gasteiger partial charge on any atom is -0.476 e. The van der Waals surface area contributed by atoms with Gasteiger partial charge in [0.2, 0.25) is 5.88 Å². The van der Waals surface area contributed by atoms with Crippen molar-refractivity contribution < 1.29 is 4.74 Å². The van der Waals surface area contributed by atoms with E-state index in [2.05, 4.69) is 44.6 Å². The molecule has 0 aromatic carbocycles. The van der Waals surface area contributed by atoms with Crippen molar-refractivity contribution in [1.82, 2.24) is 19.7 Å². The lowest BCUT2D eigenvalue weighted by Gasteiger charge is -2.02. The van der Waals surface area contributed by atoms with Gasteiger partial charge < -0.3 is 4.74 Å². The van der Waals surface area contributed by atoms with E-state index in [-0.39, 0.29) is 0 Å². The Morgan fingerprint density at radius 2 is 1.94 bits per heavy atom. The lowest BCUT2D eigenvalue weighted by Crippen LogP contribution is -2.05. The smallest absolute Gasteiger partial charge is 0.250 e. The van der Waals surface area contributed by atoms with Crippen molar-refractivity contribution in [2.45, 2.75) is 27.2 Å². The summed E-state index contributed by atoms with van der Waals surface area (Å²) in [6.07, 6.45) is 4.59. The van der Waals surface area contributed by atoms with E-state index in [4.69, 9.17) is 4.74 Å². The van der Waals surface area contributed by atoms with Gasteiger partial charge in [-0.15, -0.1) is 5.10 Å². The van der Waals surface area contributed by atoms with Gasteiger partial charge in [0, 0.05) is 12.4 Å². The molecular weight excluding hydrogens is 343 g/mol. The molecule has 0 unspecified atom stereocenters. The maximum atomic E-state index is 5.47. The average Bonchev–Trinajstić information content (AvgIpc) is 2.68. The van der Waals surface area contributed by atoms with Crippen LogP contribution >= 0.6 is 22.6 Å². The van der Waals surface area contributed by atoms with Crippen LogP contribution in [-0.4, -0.2) is 26.4 Å². The molecule has 6 heteroatoms. The molecule has 0 saturated heterocycles. The summed E-state index contributed by atoms with van der Waals surface area (Å²) >= 11 is 2.23. The highest BCUT2D eigenvalue weighted by Gasteiger charge is 2.15. The summed E-state index contributed by atoms with van der Waals surface area (Å²) in [6, 6.07) is 0. The van der Waals surface area contributed by atoms with Crippen molar-refractivity contribution in [3.8, 4) is 11.8 Å². The Labute approximate surface area is 120 Å². The van der Waals surface area contributed by atoms with Gasteiger partial charge in [0.1, 0.15) is 0 Å². The first-order valence-corrected chi connectivity index (χ1v) is 6.94. The van der Waals surface area contributed by atoms with Gasteiger partial charge in [0.05, 0.1) is 15.9 Å². The van der Waals surface area contributed by atoms with Crippen LogP contribution in [0.1, 0.15) is 25.1 Å². The molecule has 2 aromatic rings. The highest BCUT2D eigenvalue weighted by atomic mass is 127. The van der Waals surface area contributed by atoms with Gasteiger partial charge in [-0.05, 0) is 48.4 Å². The second kappa shape index (κ2) is 5.64. The Bertz CT molecular complexity index is 536. The normalized spacial score (nSPS) is 10.7. The van der Waals surface area contributed by atoms with Gasteiger partial charge in [0.25, 0.3) is 5.95 Å². The maximum absolute atomic E-state index is 5.47. The summed E-state index contributed by atoms with van der Waals surface area (Å²) in [5.41, 5.74) is 2.10. The molecule has 0 saturated carbocycles. The van der Waals surface area contributed by atoms with Crippen LogP contribution in [0.5, 0.6) is 5.88 Å². The van der Waals surface area contributed by atoms with Crippen LogP contribution in [0.4, 0.5) is 0 Å². The van der Waals surface area contributed by atoms with Crippen LogP contribution in [-0.2, 0) is 6.42 Å². The molecule has 0 fully saturated rings. The predicted octanol–water partition coefficient (Wildman–Crippen LogP) is 2.54. The monoisotopic (exact) mass is 358 g/mol. The number of rotatable bonds is 4. The summed E-state index contributed by atoms with van der Waals surface area (Å²) in [5, 5.41) is 4.39. The fourth-order valence-corrected chi connectivity index (χ4v) is 2.01. The standard InChI is InChI=1S/C12H15IN4O/c1-4-9-6-14-12(15-7-9)17-8(3)10(13)11(16-17)18-5-2/h6-7H,4-5H2,1-3H3. The van der Waals surface area contributed by atoms with Gasteiger partial charge >= 0.3 is 0 Å². The molecule has 0 aliphatic carbocycles. The second-order valence-electron chi connectivity index (χ2n) is 3.79. The minimum absolute atomic E-state index is 0.577. The predicted molar refractivity (Wildman–Crippen MR) is 77.2 cm³/mol. The van der Waals surface area contributed by atoms with Crippen LogP contribution in [0.15, 0.2) is 12.4 Å². The number of ether oxygens (including phenoxy) is 1. The van der Waals surface area contributed by atoms with E-state index in [1.807, 2.05) is 26.2 Å². The second-order valence-corrected chi connectivity index (χ2v) is 4.87. The third-order valence-corrected chi connectivity index (χ3v) is 3.83. The highest BCUT2D eigenvalue weighted by Crippen LogP contribution is 2.24. The Hall–Kier alpha value is -1.18. The zero-order chi connectivity index (χ0) is 13.1. The van der Waals surface area contributed by atoms with Crippen molar-refractivity contribution in [1.29, 1.82) is 0 Å².